The standard InChI is InChI=1S/C55H74N4O5.Mg/c1-13-39-35(8)42-28-44-37(10)41(24-25-48(60)64-27-26-34(7)23-17-22-33(6)21-16-20-32(5)19-15-18-31(3)4)52(58-44)50-51(55(62)63-12)54(61)49-38(11)45(59-53(49)50)30-47-40(14-2)36(9)43(57-47)29-46(39)56-42;/h28-33,37,41,51H,13-25,27H2,1-12H3,(H-,58,59,61);/q-4;+2/p-1/b43-29-,44-28-,47-30-;/t32-,33-,37+,41+,51-;/m1./s1. The number of fused-ring (bicyclic) bond motifs is 7. The Morgan fingerprint density at radius 2 is 1.40 bits per heavy atom. The fourth-order valence-corrected chi connectivity index (χ4v) is 10.2. The van der Waals surface area contributed by atoms with Gasteiger partial charge in [0.05, 0.1) is 7.11 Å². The molecule has 6 rings (SSSR count). The van der Waals surface area contributed by atoms with Crippen LogP contribution in [0.2, 0.25) is 0 Å². The van der Waals surface area contributed by atoms with Crippen LogP contribution in [0.4, 0.5) is 0 Å². The van der Waals surface area contributed by atoms with Gasteiger partial charge < -0.3 is 35.8 Å². The van der Waals surface area contributed by atoms with Crippen LogP contribution in [0.3, 0.4) is 0 Å². The first-order valence-corrected chi connectivity index (χ1v) is 24.3. The maximum Gasteiger partial charge on any atom is 2.00 e. The summed E-state index contributed by atoms with van der Waals surface area (Å²) in [4.78, 5) is 56.7. The van der Waals surface area contributed by atoms with E-state index in [-0.39, 0.29) is 59.7 Å². The SMILES string of the molecule is CCc1c2[n-]c(c1C)/C=C1\[N-]/C(=C3\c4[n-]c(c(C)c4C(=O)[C@@H]3C(=O)OC)/C=c3\[n-]/c(c(C)c3CC)=C\2)[C@@H](CCC(=O)OC[C-]=C(C)CCC[C@H](C)CCC[C@H](C)CCCC(C)C)[C@@H]1C.[Mg+2]. The number of allylic oxidation sites excluding steroid dienone is 3. The van der Waals surface area contributed by atoms with E-state index in [2.05, 4.69) is 81.4 Å². The first kappa shape index (κ1) is 52.0. The number of ketones is 1. The number of hydrogen-bond donors (Lipinski definition) is 0. The summed E-state index contributed by atoms with van der Waals surface area (Å²) < 4.78 is 11.0. The molecule has 3 aliphatic rings. The molecule has 1 saturated heterocycles. The van der Waals surface area contributed by atoms with Crippen molar-refractivity contribution in [3.05, 3.63) is 95.2 Å². The zero-order valence-corrected chi connectivity index (χ0v) is 43.0. The Labute approximate surface area is 405 Å². The molecule has 3 aromatic heterocycles. The van der Waals surface area contributed by atoms with E-state index in [1.807, 2.05) is 19.1 Å². The average molecular weight is 895 g/mol. The molecule has 1 fully saturated rings. The molecule has 0 aromatic carbocycles. The van der Waals surface area contributed by atoms with Gasteiger partial charge in [0, 0.05) is 12.0 Å². The molecule has 0 amide bonds. The Morgan fingerprint density at radius 1 is 0.769 bits per heavy atom. The van der Waals surface area contributed by atoms with Crippen LogP contribution >= 0.6 is 0 Å². The van der Waals surface area contributed by atoms with E-state index in [0.717, 1.165) is 93.1 Å². The van der Waals surface area contributed by atoms with Crippen molar-refractivity contribution < 1.29 is 23.9 Å². The van der Waals surface area contributed by atoms with Crippen molar-refractivity contribution in [3.8, 4) is 0 Å². The summed E-state index contributed by atoms with van der Waals surface area (Å²) in [5.74, 6) is -0.694. The minimum atomic E-state index is -1.21. The van der Waals surface area contributed by atoms with E-state index < -0.39 is 11.9 Å². The van der Waals surface area contributed by atoms with Gasteiger partial charge in [-0.1, -0.05) is 165 Å². The van der Waals surface area contributed by atoms with Crippen LogP contribution in [0, 0.1) is 62.4 Å². The van der Waals surface area contributed by atoms with Crippen molar-refractivity contribution in [2.75, 3.05) is 13.7 Å². The first-order valence-electron chi connectivity index (χ1n) is 24.3. The second-order valence-electron chi connectivity index (χ2n) is 19.5. The van der Waals surface area contributed by atoms with E-state index in [0.29, 0.717) is 46.1 Å². The zero-order chi connectivity index (χ0) is 46.4. The predicted octanol–water partition coefficient (Wildman–Crippen LogP) is 10.1. The van der Waals surface area contributed by atoms with Gasteiger partial charge in [-0.05, 0) is 76.2 Å². The van der Waals surface area contributed by atoms with E-state index in [1.54, 1.807) is 0 Å². The third kappa shape index (κ3) is 11.8. The van der Waals surface area contributed by atoms with Gasteiger partial charge in [0.25, 0.3) is 0 Å². The molecule has 0 N–H and O–H groups in total. The second-order valence-corrected chi connectivity index (χ2v) is 19.5. The van der Waals surface area contributed by atoms with Gasteiger partial charge in [-0.2, -0.15) is 11.4 Å². The number of esters is 2. The van der Waals surface area contributed by atoms with Gasteiger partial charge in [-0.15, -0.1) is 33.5 Å². The molecular weight excluding hydrogens is 821 g/mol. The molecule has 9 nitrogen and oxygen atoms in total. The largest absolute Gasteiger partial charge is 2.00 e. The van der Waals surface area contributed by atoms with Gasteiger partial charge in [0.2, 0.25) is 0 Å². The fraction of sp³-hybridized carbons (Fsp3) is 0.582. The van der Waals surface area contributed by atoms with Crippen molar-refractivity contribution in [1.82, 2.24) is 15.0 Å². The Kier molecular flexibility index (Phi) is 18.5. The maximum atomic E-state index is 14.4. The molecule has 5 atom stereocenters. The molecule has 2 aliphatic heterocycles. The molecule has 0 spiro atoms. The molecule has 1 aliphatic carbocycles. The summed E-state index contributed by atoms with van der Waals surface area (Å²) in [7, 11) is 1.30. The van der Waals surface area contributed by atoms with Crippen molar-refractivity contribution in [3.63, 3.8) is 0 Å². The molecular formula is C55H73MgN4O5-3. The smallest absolute Gasteiger partial charge is 0.664 e. The Bertz CT molecular complexity index is 2420. The fourth-order valence-electron chi connectivity index (χ4n) is 10.2. The summed E-state index contributed by atoms with van der Waals surface area (Å²) in [6.07, 6.45) is 22.7. The molecule has 65 heavy (non-hydrogen) atoms. The number of carbonyl (C=O) groups excluding carboxylic acids is 3. The van der Waals surface area contributed by atoms with Crippen LogP contribution in [-0.4, -0.2) is 54.5 Å². The number of aromatic nitrogens is 3. The molecule has 0 saturated carbocycles. The van der Waals surface area contributed by atoms with Crippen LogP contribution in [0.5, 0.6) is 0 Å². The number of methoxy groups -OCH3 is 1. The predicted molar refractivity (Wildman–Crippen MR) is 262 cm³/mol. The van der Waals surface area contributed by atoms with Gasteiger partial charge >= 0.3 is 35.0 Å². The van der Waals surface area contributed by atoms with Crippen LogP contribution in [-0.2, 0) is 31.9 Å². The first-order chi connectivity index (χ1) is 30.6. The molecule has 8 bridgehead atoms. The summed E-state index contributed by atoms with van der Waals surface area (Å²) in [6.45, 7) is 24.0. The number of hydrogen-bond acceptors (Lipinski definition) is 5. The van der Waals surface area contributed by atoms with Crippen molar-refractivity contribution in [2.45, 2.75) is 160 Å². The normalized spacial score (nSPS) is 21.7. The maximum absolute atomic E-state index is 14.4. The third-order valence-electron chi connectivity index (χ3n) is 14.4. The second kappa shape index (κ2) is 23.1. The zero-order valence-electron chi connectivity index (χ0n) is 41.6. The summed E-state index contributed by atoms with van der Waals surface area (Å²) in [5.41, 5.74) is 11.3. The van der Waals surface area contributed by atoms with Crippen LogP contribution in [0.1, 0.15) is 187 Å². The minimum Gasteiger partial charge on any atom is -0.664 e. The Balaban J connectivity index is 0.00000793. The molecule has 348 valence electrons. The van der Waals surface area contributed by atoms with Crippen LogP contribution in [0.15, 0.2) is 17.0 Å². The Morgan fingerprint density at radius 3 is 2.05 bits per heavy atom. The van der Waals surface area contributed by atoms with Crippen LogP contribution < -0.4 is 25.7 Å². The Hall–Kier alpha value is -4.02. The molecule has 0 unspecified atom stereocenters. The van der Waals surface area contributed by atoms with Crippen molar-refractivity contribution >= 4 is 64.6 Å². The van der Waals surface area contributed by atoms with Crippen molar-refractivity contribution in [1.29, 1.82) is 0 Å². The molecule has 5 heterocycles. The quantitative estimate of drug-likeness (QED) is 0.0475. The topological polar surface area (TPSA) is 126 Å². The van der Waals surface area contributed by atoms with E-state index in [4.69, 9.17) is 29.7 Å². The summed E-state index contributed by atoms with van der Waals surface area (Å²) in [5, 5.41) is 6.92. The van der Waals surface area contributed by atoms with Gasteiger partial charge in [0.1, 0.15) is 5.92 Å². The average Bonchev–Trinajstić information content (AvgIpc) is 3.99. The monoisotopic (exact) mass is 894 g/mol. The number of rotatable bonds is 20. The summed E-state index contributed by atoms with van der Waals surface area (Å²) in [6, 6.07) is 0. The van der Waals surface area contributed by atoms with E-state index in [9.17, 15) is 14.4 Å². The van der Waals surface area contributed by atoms with E-state index >= 15 is 0 Å². The molecule has 0 radical (unpaired) electrons. The number of nitrogens with zero attached hydrogens (tertiary/aromatic N) is 4. The molecule has 3 aromatic rings. The van der Waals surface area contributed by atoms with Gasteiger partial charge in [-0.3, -0.25) is 20.0 Å². The number of carbonyl (C=O) groups is 3. The summed E-state index contributed by atoms with van der Waals surface area (Å²) >= 11 is 0. The number of Topliss-reactive ketones (excluding diaryl/α,β-unsaturated/α-hetero) is 1. The minimum absolute atomic E-state index is 0. The molecule has 10 heteroatoms. The van der Waals surface area contributed by atoms with Gasteiger partial charge in [-0.25, -0.2) is 0 Å². The van der Waals surface area contributed by atoms with Gasteiger partial charge in [0.15, 0.2) is 5.78 Å². The van der Waals surface area contributed by atoms with Crippen molar-refractivity contribution in [2.24, 2.45) is 35.5 Å². The van der Waals surface area contributed by atoms with Crippen LogP contribution in [0.25, 0.3) is 29.1 Å². The number of ether oxygens (including phenoxy) is 2. The third-order valence-corrected chi connectivity index (χ3v) is 14.4. The van der Waals surface area contributed by atoms with E-state index in [1.165, 1.54) is 52.1 Å².